The van der Waals surface area contributed by atoms with Crippen LogP contribution in [0.2, 0.25) is 0 Å². The predicted molar refractivity (Wildman–Crippen MR) is 81.2 cm³/mol. The van der Waals surface area contributed by atoms with Crippen molar-refractivity contribution in [1.29, 1.82) is 0 Å². The molecule has 0 amide bonds. The van der Waals surface area contributed by atoms with Gasteiger partial charge >= 0.3 is 0 Å². The highest BCUT2D eigenvalue weighted by atomic mass is 16.5. The molecule has 1 aromatic heterocycles. The maximum absolute atomic E-state index is 5.90. The molecule has 1 aliphatic rings. The fourth-order valence-corrected chi connectivity index (χ4v) is 2.67. The molecule has 20 heavy (non-hydrogen) atoms. The monoisotopic (exact) mass is 268 g/mol. The van der Waals surface area contributed by atoms with Crippen LogP contribution in [0.4, 0.5) is 5.82 Å². The van der Waals surface area contributed by atoms with Crippen molar-refractivity contribution in [3.8, 4) is 5.75 Å². The van der Waals surface area contributed by atoms with Crippen LogP contribution < -0.4 is 10.1 Å². The molecule has 104 valence electrons. The number of rotatable bonds is 4. The van der Waals surface area contributed by atoms with E-state index >= 15 is 0 Å². The largest absolute Gasteiger partial charge is 0.489 e. The summed E-state index contributed by atoms with van der Waals surface area (Å²) in [4.78, 5) is 4.20. The molecule has 0 saturated heterocycles. The van der Waals surface area contributed by atoms with Gasteiger partial charge in [-0.25, -0.2) is 4.98 Å². The van der Waals surface area contributed by atoms with Crippen molar-refractivity contribution in [3.63, 3.8) is 0 Å². The Kier molecular flexibility index (Phi) is 3.86. The van der Waals surface area contributed by atoms with Crippen LogP contribution in [0.3, 0.4) is 0 Å². The van der Waals surface area contributed by atoms with Crippen LogP contribution in [0.25, 0.3) is 0 Å². The van der Waals surface area contributed by atoms with Crippen LogP contribution in [0, 0.1) is 0 Å². The number of aryl methyl sites for hydroxylation is 2. The van der Waals surface area contributed by atoms with Crippen molar-refractivity contribution < 1.29 is 4.74 Å². The fraction of sp³-hybridized carbons (Fsp3) is 0.353. The predicted octanol–water partition coefficient (Wildman–Crippen LogP) is 3.58. The zero-order valence-corrected chi connectivity index (χ0v) is 11.9. The van der Waals surface area contributed by atoms with Gasteiger partial charge in [0.15, 0.2) is 0 Å². The minimum Gasteiger partial charge on any atom is -0.489 e. The van der Waals surface area contributed by atoms with Crippen LogP contribution >= 0.6 is 0 Å². The molecule has 1 N–H and O–H groups in total. The average Bonchev–Trinajstić information content (AvgIpc) is 2.53. The van der Waals surface area contributed by atoms with Crippen LogP contribution in [-0.4, -0.2) is 12.0 Å². The van der Waals surface area contributed by atoms with Crippen LogP contribution in [0.5, 0.6) is 5.75 Å². The summed E-state index contributed by atoms with van der Waals surface area (Å²) >= 11 is 0. The van der Waals surface area contributed by atoms with Gasteiger partial charge in [-0.05, 0) is 66.6 Å². The first-order valence-corrected chi connectivity index (χ1v) is 7.22. The van der Waals surface area contributed by atoms with E-state index in [1.807, 2.05) is 19.2 Å². The van der Waals surface area contributed by atoms with Gasteiger partial charge in [0, 0.05) is 13.2 Å². The van der Waals surface area contributed by atoms with Crippen molar-refractivity contribution in [3.05, 3.63) is 53.2 Å². The SMILES string of the molecule is CNc1cc(COc2ccc3c(c2)CCCC3)ccn1. The summed E-state index contributed by atoms with van der Waals surface area (Å²) < 4.78 is 5.90. The third kappa shape index (κ3) is 2.93. The van der Waals surface area contributed by atoms with E-state index in [4.69, 9.17) is 4.74 Å². The number of anilines is 1. The van der Waals surface area contributed by atoms with Crippen LogP contribution in [0.1, 0.15) is 29.5 Å². The Labute approximate surface area is 120 Å². The molecule has 0 saturated carbocycles. The van der Waals surface area contributed by atoms with Crippen molar-refractivity contribution in [1.82, 2.24) is 4.98 Å². The van der Waals surface area contributed by atoms with Crippen LogP contribution in [-0.2, 0) is 19.4 Å². The Bertz CT molecular complexity index is 595. The second kappa shape index (κ2) is 5.95. The lowest BCUT2D eigenvalue weighted by Crippen LogP contribution is -2.03. The number of fused-ring (bicyclic) bond motifs is 1. The third-order valence-electron chi connectivity index (χ3n) is 3.81. The number of benzene rings is 1. The van der Waals surface area contributed by atoms with E-state index in [9.17, 15) is 0 Å². The van der Waals surface area contributed by atoms with E-state index in [2.05, 4.69) is 28.5 Å². The van der Waals surface area contributed by atoms with Gasteiger partial charge in [-0.3, -0.25) is 0 Å². The van der Waals surface area contributed by atoms with Gasteiger partial charge in [-0.2, -0.15) is 0 Å². The van der Waals surface area contributed by atoms with Crippen molar-refractivity contribution in [2.24, 2.45) is 0 Å². The smallest absolute Gasteiger partial charge is 0.126 e. The normalized spacial score (nSPS) is 13.7. The summed E-state index contributed by atoms with van der Waals surface area (Å²) in [7, 11) is 1.87. The molecule has 0 bridgehead atoms. The van der Waals surface area contributed by atoms with E-state index in [-0.39, 0.29) is 0 Å². The highest BCUT2D eigenvalue weighted by molar-refractivity contribution is 5.38. The summed E-state index contributed by atoms with van der Waals surface area (Å²) in [6.45, 7) is 0.579. The van der Waals surface area contributed by atoms with E-state index in [1.165, 1.54) is 36.8 Å². The molecule has 0 atom stereocenters. The van der Waals surface area contributed by atoms with E-state index in [1.54, 1.807) is 6.20 Å². The van der Waals surface area contributed by atoms with E-state index in [0.717, 1.165) is 17.1 Å². The lowest BCUT2D eigenvalue weighted by Gasteiger charge is -2.17. The summed E-state index contributed by atoms with van der Waals surface area (Å²) in [5.74, 6) is 1.84. The summed E-state index contributed by atoms with van der Waals surface area (Å²) in [5, 5.41) is 3.04. The molecule has 0 spiro atoms. The third-order valence-corrected chi connectivity index (χ3v) is 3.81. The van der Waals surface area contributed by atoms with Crippen molar-refractivity contribution in [2.75, 3.05) is 12.4 Å². The summed E-state index contributed by atoms with van der Waals surface area (Å²) in [6.07, 6.45) is 6.82. The van der Waals surface area contributed by atoms with Gasteiger partial charge in [0.25, 0.3) is 0 Å². The summed E-state index contributed by atoms with van der Waals surface area (Å²) in [6, 6.07) is 10.5. The van der Waals surface area contributed by atoms with Crippen molar-refractivity contribution in [2.45, 2.75) is 32.3 Å². The minimum atomic E-state index is 0.579. The fourth-order valence-electron chi connectivity index (χ4n) is 2.67. The molecule has 1 heterocycles. The van der Waals surface area contributed by atoms with Gasteiger partial charge in [-0.15, -0.1) is 0 Å². The number of nitrogens with zero attached hydrogens (tertiary/aromatic N) is 1. The van der Waals surface area contributed by atoms with E-state index < -0.39 is 0 Å². The highest BCUT2D eigenvalue weighted by Gasteiger charge is 2.09. The molecule has 0 radical (unpaired) electrons. The summed E-state index contributed by atoms with van der Waals surface area (Å²) in [5.41, 5.74) is 4.08. The van der Waals surface area contributed by atoms with Crippen LogP contribution in [0.15, 0.2) is 36.5 Å². The van der Waals surface area contributed by atoms with Gasteiger partial charge in [0.05, 0.1) is 0 Å². The molecule has 0 unspecified atom stereocenters. The number of hydrogen-bond donors (Lipinski definition) is 1. The minimum absolute atomic E-state index is 0.579. The highest BCUT2D eigenvalue weighted by Crippen LogP contribution is 2.25. The second-order valence-electron chi connectivity index (χ2n) is 5.23. The zero-order valence-electron chi connectivity index (χ0n) is 11.9. The molecule has 0 fully saturated rings. The Hall–Kier alpha value is -2.03. The molecule has 1 aliphatic carbocycles. The number of pyridine rings is 1. The van der Waals surface area contributed by atoms with Gasteiger partial charge < -0.3 is 10.1 Å². The molecule has 2 aromatic rings. The topological polar surface area (TPSA) is 34.1 Å². The number of hydrogen-bond acceptors (Lipinski definition) is 3. The Morgan fingerprint density at radius 2 is 1.95 bits per heavy atom. The number of aromatic nitrogens is 1. The van der Waals surface area contributed by atoms with E-state index in [0.29, 0.717) is 6.61 Å². The Morgan fingerprint density at radius 1 is 1.10 bits per heavy atom. The maximum atomic E-state index is 5.90. The molecule has 1 aromatic carbocycles. The molecule has 3 rings (SSSR count). The molecular weight excluding hydrogens is 248 g/mol. The molecule has 3 heteroatoms. The first-order valence-electron chi connectivity index (χ1n) is 7.22. The lowest BCUT2D eigenvalue weighted by atomic mass is 9.92. The average molecular weight is 268 g/mol. The lowest BCUT2D eigenvalue weighted by molar-refractivity contribution is 0.305. The molecule has 0 aliphatic heterocycles. The number of ether oxygens (including phenoxy) is 1. The van der Waals surface area contributed by atoms with Gasteiger partial charge in [0.2, 0.25) is 0 Å². The Morgan fingerprint density at radius 3 is 2.80 bits per heavy atom. The maximum Gasteiger partial charge on any atom is 0.126 e. The Balaban J connectivity index is 1.68. The molecular formula is C17H20N2O. The quantitative estimate of drug-likeness (QED) is 0.920. The second-order valence-corrected chi connectivity index (χ2v) is 5.23. The standard InChI is InChI=1S/C17H20N2O/c1-18-17-10-13(8-9-19-17)12-20-16-7-6-14-4-2-3-5-15(14)11-16/h6-11H,2-5,12H2,1H3,(H,18,19). The van der Waals surface area contributed by atoms with Gasteiger partial charge in [0.1, 0.15) is 18.2 Å². The first kappa shape index (κ1) is 13.0. The van der Waals surface area contributed by atoms with Crippen molar-refractivity contribution >= 4 is 5.82 Å². The first-order chi connectivity index (χ1) is 9.85. The number of nitrogens with one attached hydrogen (secondary N) is 1. The molecule has 3 nitrogen and oxygen atoms in total. The van der Waals surface area contributed by atoms with Gasteiger partial charge in [-0.1, -0.05) is 6.07 Å². The zero-order chi connectivity index (χ0) is 13.8.